The zero-order valence-corrected chi connectivity index (χ0v) is 12.5. The summed E-state index contributed by atoms with van der Waals surface area (Å²) in [5, 5.41) is 6.52. The third-order valence-corrected chi connectivity index (χ3v) is 3.14. The molecule has 0 saturated heterocycles. The number of rotatable bonds is 4. The highest BCUT2D eigenvalue weighted by atomic mass is 35.5. The fourth-order valence-corrected chi connectivity index (χ4v) is 1.91. The number of carbonyl (C=O) groups excluding carboxylic acids is 1. The average Bonchev–Trinajstić information content (AvgIpc) is 2.73. The summed E-state index contributed by atoms with van der Waals surface area (Å²) < 4.78 is 23.3. The molecule has 1 heterocycles. The molecule has 1 aromatic heterocycles. The Hall–Kier alpha value is -2.08. The Balaban J connectivity index is 2.06. The molecule has 21 heavy (non-hydrogen) atoms. The minimum atomic E-state index is -0.818. The van der Waals surface area contributed by atoms with Gasteiger partial charge in [-0.2, -0.15) is 0 Å². The van der Waals surface area contributed by atoms with Crippen LogP contribution in [0.1, 0.15) is 18.4 Å². The van der Waals surface area contributed by atoms with E-state index in [0.29, 0.717) is 17.1 Å². The molecular weight excluding hydrogens is 299 g/mol. The van der Waals surface area contributed by atoms with Crippen molar-refractivity contribution in [2.75, 3.05) is 5.32 Å². The Morgan fingerprint density at radius 3 is 2.76 bits per heavy atom. The highest BCUT2D eigenvalue weighted by Crippen LogP contribution is 2.26. The lowest BCUT2D eigenvalue weighted by atomic mass is 10.3. The topological polar surface area (TPSA) is 64.4 Å². The maximum absolute atomic E-state index is 12.9. The zero-order valence-electron chi connectivity index (χ0n) is 11.7. The summed E-state index contributed by atoms with van der Waals surface area (Å²) in [6.45, 7) is 4.97. The highest BCUT2D eigenvalue weighted by molar-refractivity contribution is 6.32. The molecule has 0 aliphatic carbocycles. The molecule has 2 aromatic rings. The van der Waals surface area contributed by atoms with E-state index in [-0.39, 0.29) is 16.7 Å². The number of ether oxygens (including phenoxy) is 1. The number of hydrogen-bond acceptors (Lipinski definition) is 4. The summed E-state index contributed by atoms with van der Waals surface area (Å²) >= 11 is 5.85. The van der Waals surface area contributed by atoms with Crippen molar-refractivity contribution < 1.29 is 18.4 Å². The van der Waals surface area contributed by atoms with E-state index in [1.54, 1.807) is 20.8 Å². The largest absolute Gasteiger partial charge is 0.479 e. The van der Waals surface area contributed by atoms with Gasteiger partial charge in [0.05, 0.1) is 5.02 Å². The van der Waals surface area contributed by atoms with Gasteiger partial charge in [0.2, 0.25) is 0 Å². The molecule has 0 bridgehead atoms. The molecule has 0 radical (unpaired) electrons. The van der Waals surface area contributed by atoms with Crippen molar-refractivity contribution >= 4 is 23.2 Å². The molecule has 0 aliphatic rings. The number of anilines is 1. The normalized spacial score (nSPS) is 12.0. The van der Waals surface area contributed by atoms with Gasteiger partial charge in [0.1, 0.15) is 22.9 Å². The van der Waals surface area contributed by atoms with Gasteiger partial charge in [0.25, 0.3) is 5.91 Å². The van der Waals surface area contributed by atoms with Crippen molar-refractivity contribution in [2.24, 2.45) is 0 Å². The zero-order chi connectivity index (χ0) is 15.6. The van der Waals surface area contributed by atoms with Crippen molar-refractivity contribution in [1.29, 1.82) is 0 Å². The van der Waals surface area contributed by atoms with Crippen molar-refractivity contribution in [2.45, 2.75) is 26.9 Å². The van der Waals surface area contributed by atoms with Crippen LogP contribution >= 0.6 is 11.6 Å². The van der Waals surface area contributed by atoms with Crippen LogP contribution in [0.2, 0.25) is 5.02 Å². The molecule has 0 saturated carbocycles. The maximum Gasteiger partial charge on any atom is 0.265 e. The van der Waals surface area contributed by atoms with Crippen LogP contribution in [0.4, 0.5) is 10.1 Å². The summed E-state index contributed by atoms with van der Waals surface area (Å²) in [6, 6.07) is 3.70. The SMILES string of the molecule is Cc1noc(C)c1NC(=O)[C@@H](C)Oc1ccc(F)cc1Cl. The fourth-order valence-electron chi connectivity index (χ4n) is 1.70. The van der Waals surface area contributed by atoms with E-state index in [9.17, 15) is 9.18 Å². The molecule has 1 N–H and O–H groups in total. The number of halogens is 2. The van der Waals surface area contributed by atoms with E-state index < -0.39 is 11.9 Å². The monoisotopic (exact) mass is 312 g/mol. The highest BCUT2D eigenvalue weighted by Gasteiger charge is 2.19. The van der Waals surface area contributed by atoms with E-state index in [1.807, 2.05) is 0 Å². The minimum absolute atomic E-state index is 0.104. The van der Waals surface area contributed by atoms with Gasteiger partial charge in [-0.3, -0.25) is 4.79 Å². The first-order valence-electron chi connectivity index (χ1n) is 6.24. The second-order valence-corrected chi connectivity index (χ2v) is 4.93. The van der Waals surface area contributed by atoms with Gasteiger partial charge in [-0.05, 0) is 39.0 Å². The van der Waals surface area contributed by atoms with Gasteiger partial charge in [0, 0.05) is 0 Å². The molecule has 1 aromatic carbocycles. The number of carbonyl (C=O) groups is 1. The minimum Gasteiger partial charge on any atom is -0.479 e. The molecule has 1 amide bonds. The number of aryl methyl sites for hydroxylation is 2. The van der Waals surface area contributed by atoms with Crippen molar-refractivity contribution in [3.63, 3.8) is 0 Å². The summed E-state index contributed by atoms with van der Waals surface area (Å²) in [6.07, 6.45) is -0.818. The molecule has 0 fully saturated rings. The molecule has 2 rings (SSSR count). The Morgan fingerprint density at radius 1 is 1.48 bits per heavy atom. The second-order valence-electron chi connectivity index (χ2n) is 4.52. The van der Waals surface area contributed by atoms with Crippen LogP contribution in [-0.2, 0) is 4.79 Å². The van der Waals surface area contributed by atoms with Crippen LogP contribution < -0.4 is 10.1 Å². The second kappa shape index (κ2) is 6.13. The van der Waals surface area contributed by atoms with Crippen LogP contribution in [0.5, 0.6) is 5.75 Å². The lowest BCUT2D eigenvalue weighted by Crippen LogP contribution is -2.30. The third kappa shape index (κ3) is 3.52. The third-order valence-electron chi connectivity index (χ3n) is 2.85. The molecule has 7 heteroatoms. The van der Waals surface area contributed by atoms with E-state index >= 15 is 0 Å². The van der Waals surface area contributed by atoms with Crippen molar-refractivity contribution in [1.82, 2.24) is 5.16 Å². The standard InChI is InChI=1S/C14H14ClFN2O3/c1-7-13(8(2)21-18-7)17-14(19)9(3)20-12-5-4-10(16)6-11(12)15/h4-6,9H,1-3H3,(H,17,19)/t9-/m1/s1. The Labute approximate surface area is 126 Å². The van der Waals surface area contributed by atoms with Crippen molar-refractivity contribution in [3.05, 3.63) is 40.5 Å². The lowest BCUT2D eigenvalue weighted by Gasteiger charge is -2.15. The molecule has 0 spiro atoms. The Morgan fingerprint density at radius 2 is 2.19 bits per heavy atom. The van der Waals surface area contributed by atoms with Crippen LogP contribution in [-0.4, -0.2) is 17.2 Å². The maximum atomic E-state index is 12.9. The molecular formula is C14H14ClFN2O3. The predicted octanol–water partition coefficient (Wildman–Crippen LogP) is 3.49. The first-order chi connectivity index (χ1) is 9.88. The van der Waals surface area contributed by atoms with Gasteiger partial charge in [-0.25, -0.2) is 4.39 Å². The van der Waals surface area contributed by atoms with Gasteiger partial charge < -0.3 is 14.6 Å². The number of nitrogens with one attached hydrogen (secondary N) is 1. The van der Waals surface area contributed by atoms with Gasteiger partial charge >= 0.3 is 0 Å². The van der Waals surface area contributed by atoms with Gasteiger partial charge in [-0.1, -0.05) is 16.8 Å². The molecule has 112 valence electrons. The van der Waals surface area contributed by atoms with Crippen molar-refractivity contribution in [3.8, 4) is 5.75 Å². The summed E-state index contributed by atoms with van der Waals surface area (Å²) in [7, 11) is 0. The number of nitrogens with zero attached hydrogens (tertiary/aromatic N) is 1. The summed E-state index contributed by atoms with van der Waals surface area (Å²) in [5.41, 5.74) is 1.09. The lowest BCUT2D eigenvalue weighted by molar-refractivity contribution is -0.122. The van der Waals surface area contributed by atoms with Crippen LogP contribution in [0.15, 0.2) is 22.7 Å². The molecule has 0 aliphatic heterocycles. The molecule has 5 nitrogen and oxygen atoms in total. The van der Waals surface area contributed by atoms with E-state index in [4.69, 9.17) is 20.9 Å². The number of amides is 1. The first kappa shape index (κ1) is 15.3. The van der Waals surface area contributed by atoms with Gasteiger partial charge in [-0.15, -0.1) is 0 Å². The smallest absolute Gasteiger partial charge is 0.265 e. The predicted molar refractivity (Wildman–Crippen MR) is 76.1 cm³/mol. The van der Waals surface area contributed by atoms with Crippen LogP contribution in [0.3, 0.4) is 0 Å². The van der Waals surface area contributed by atoms with E-state index in [0.717, 1.165) is 6.07 Å². The number of hydrogen-bond donors (Lipinski definition) is 1. The number of aromatic nitrogens is 1. The first-order valence-corrected chi connectivity index (χ1v) is 6.61. The van der Waals surface area contributed by atoms with Crippen LogP contribution in [0.25, 0.3) is 0 Å². The Bertz CT molecular complexity index is 653. The average molecular weight is 313 g/mol. The van der Waals surface area contributed by atoms with E-state index in [1.165, 1.54) is 12.1 Å². The number of benzene rings is 1. The quantitative estimate of drug-likeness (QED) is 0.938. The summed E-state index contributed by atoms with van der Waals surface area (Å²) in [4.78, 5) is 12.1. The van der Waals surface area contributed by atoms with Crippen LogP contribution in [0, 0.1) is 19.7 Å². The van der Waals surface area contributed by atoms with E-state index in [2.05, 4.69) is 10.5 Å². The fraction of sp³-hybridized carbons (Fsp3) is 0.286. The Kier molecular flexibility index (Phi) is 4.47. The summed E-state index contributed by atoms with van der Waals surface area (Å²) in [5.74, 6) is -0.114. The van der Waals surface area contributed by atoms with Gasteiger partial charge in [0.15, 0.2) is 11.9 Å². The molecule has 1 atom stereocenters. The molecule has 0 unspecified atom stereocenters.